The molecule has 100 valence electrons. The summed E-state index contributed by atoms with van der Waals surface area (Å²) >= 11 is 0. The maximum Gasteiger partial charge on any atom is 0.149 e. The van der Waals surface area contributed by atoms with Gasteiger partial charge in [-0.15, -0.1) is 0 Å². The zero-order valence-electron chi connectivity index (χ0n) is 11.4. The van der Waals surface area contributed by atoms with Crippen molar-refractivity contribution in [2.45, 2.75) is 27.3 Å². The van der Waals surface area contributed by atoms with Crippen molar-refractivity contribution in [3.63, 3.8) is 0 Å². The summed E-state index contributed by atoms with van der Waals surface area (Å²) in [6, 6.07) is 7.36. The molecule has 0 unspecified atom stereocenters. The van der Waals surface area contributed by atoms with Crippen LogP contribution in [0.15, 0.2) is 24.3 Å². The van der Waals surface area contributed by atoms with Crippen LogP contribution < -0.4 is 11.1 Å². The minimum absolute atomic E-state index is 0.142. The monoisotopic (exact) mass is 259 g/mol. The number of hydrogen-bond donors (Lipinski definition) is 2. The van der Waals surface area contributed by atoms with Gasteiger partial charge in [0, 0.05) is 12.2 Å². The van der Waals surface area contributed by atoms with Crippen molar-refractivity contribution >= 4 is 11.5 Å². The van der Waals surface area contributed by atoms with Crippen LogP contribution >= 0.6 is 0 Å². The number of hydrogen-bond acceptors (Lipinski definition) is 3. The van der Waals surface area contributed by atoms with Crippen molar-refractivity contribution in [1.82, 2.24) is 4.98 Å². The molecule has 0 atom stereocenters. The average molecular weight is 259 g/mol. The maximum atomic E-state index is 13.5. The number of anilines is 2. The van der Waals surface area contributed by atoms with Crippen molar-refractivity contribution in [1.29, 1.82) is 0 Å². The Balaban J connectivity index is 2.17. The molecule has 0 fully saturated rings. The number of benzene rings is 1. The van der Waals surface area contributed by atoms with Crippen LogP contribution in [-0.2, 0) is 6.54 Å². The molecule has 0 aliphatic rings. The largest absolute Gasteiger partial charge is 0.396 e. The highest BCUT2D eigenvalue weighted by molar-refractivity contribution is 5.61. The van der Waals surface area contributed by atoms with Gasteiger partial charge in [0.05, 0.1) is 5.69 Å². The fourth-order valence-electron chi connectivity index (χ4n) is 2.03. The van der Waals surface area contributed by atoms with Gasteiger partial charge in [-0.25, -0.2) is 9.37 Å². The molecule has 3 N–H and O–H groups in total. The first-order chi connectivity index (χ1) is 8.97. The number of rotatable bonds is 3. The summed E-state index contributed by atoms with van der Waals surface area (Å²) in [4.78, 5) is 4.34. The summed E-state index contributed by atoms with van der Waals surface area (Å²) in [5.74, 6) is 0.525. The first kappa shape index (κ1) is 13.3. The number of aromatic nitrogens is 1. The van der Waals surface area contributed by atoms with Gasteiger partial charge in [-0.2, -0.15) is 0 Å². The molecular weight excluding hydrogens is 241 g/mol. The van der Waals surface area contributed by atoms with Crippen LogP contribution in [0.3, 0.4) is 0 Å². The number of nitrogen functional groups attached to an aromatic ring is 1. The summed E-state index contributed by atoms with van der Waals surface area (Å²) in [6.45, 7) is 6.02. The van der Waals surface area contributed by atoms with Gasteiger partial charge in [0.2, 0.25) is 0 Å². The van der Waals surface area contributed by atoms with Crippen LogP contribution in [-0.4, -0.2) is 4.98 Å². The summed E-state index contributed by atoms with van der Waals surface area (Å²) in [5, 5.41) is 3.19. The van der Waals surface area contributed by atoms with Crippen LogP contribution in [0.1, 0.15) is 22.4 Å². The number of pyridine rings is 1. The Morgan fingerprint density at radius 1 is 1.16 bits per heavy atom. The number of nitrogens with one attached hydrogen (secondary N) is 1. The molecular formula is C15H18FN3. The quantitative estimate of drug-likeness (QED) is 0.888. The van der Waals surface area contributed by atoms with Crippen LogP contribution in [0.5, 0.6) is 0 Å². The SMILES string of the molecule is Cc1ccc(N)c(NCc2cc(C)c(F)c(C)c2)n1. The molecule has 19 heavy (non-hydrogen) atoms. The summed E-state index contributed by atoms with van der Waals surface area (Å²) in [6.07, 6.45) is 0. The van der Waals surface area contributed by atoms with E-state index < -0.39 is 0 Å². The lowest BCUT2D eigenvalue weighted by molar-refractivity contribution is 0.608. The summed E-state index contributed by atoms with van der Waals surface area (Å²) in [5.41, 5.74) is 9.69. The van der Waals surface area contributed by atoms with Gasteiger partial charge < -0.3 is 11.1 Å². The van der Waals surface area contributed by atoms with Crippen molar-refractivity contribution in [3.8, 4) is 0 Å². The van der Waals surface area contributed by atoms with Crippen LogP contribution in [0.2, 0.25) is 0 Å². The number of nitrogens with two attached hydrogens (primary N) is 1. The van der Waals surface area contributed by atoms with E-state index in [4.69, 9.17) is 5.73 Å². The van der Waals surface area contributed by atoms with Gasteiger partial charge in [-0.3, -0.25) is 0 Å². The fourth-order valence-corrected chi connectivity index (χ4v) is 2.03. The molecule has 0 aliphatic carbocycles. The van der Waals surface area contributed by atoms with Crippen molar-refractivity contribution in [2.75, 3.05) is 11.1 Å². The van der Waals surface area contributed by atoms with Crippen molar-refractivity contribution < 1.29 is 4.39 Å². The standard InChI is InChI=1S/C15H18FN3/c1-9-6-12(7-10(2)14(9)16)8-18-15-13(17)5-4-11(3)19-15/h4-7H,8,17H2,1-3H3,(H,18,19). The highest BCUT2D eigenvalue weighted by Gasteiger charge is 2.05. The van der Waals surface area contributed by atoms with Crippen LogP contribution in [0.4, 0.5) is 15.9 Å². The van der Waals surface area contributed by atoms with E-state index in [1.54, 1.807) is 13.8 Å². The van der Waals surface area contributed by atoms with E-state index in [9.17, 15) is 4.39 Å². The molecule has 2 aromatic rings. The molecule has 0 saturated heterocycles. The zero-order valence-corrected chi connectivity index (χ0v) is 11.4. The topological polar surface area (TPSA) is 50.9 Å². The summed E-state index contributed by atoms with van der Waals surface area (Å²) < 4.78 is 13.5. The predicted molar refractivity (Wildman–Crippen MR) is 76.6 cm³/mol. The Morgan fingerprint density at radius 3 is 2.42 bits per heavy atom. The molecule has 0 radical (unpaired) electrons. The van der Waals surface area contributed by atoms with Gasteiger partial charge in [-0.05, 0) is 49.6 Å². The van der Waals surface area contributed by atoms with E-state index in [2.05, 4.69) is 10.3 Å². The second-order valence-electron chi connectivity index (χ2n) is 4.79. The van der Waals surface area contributed by atoms with E-state index in [1.165, 1.54) is 0 Å². The van der Waals surface area contributed by atoms with Gasteiger partial charge in [0.1, 0.15) is 11.6 Å². The van der Waals surface area contributed by atoms with Crippen LogP contribution in [0.25, 0.3) is 0 Å². The highest BCUT2D eigenvalue weighted by Crippen LogP contribution is 2.18. The van der Waals surface area contributed by atoms with Crippen molar-refractivity contribution in [2.24, 2.45) is 0 Å². The normalized spacial score (nSPS) is 10.5. The molecule has 2 rings (SSSR count). The third-order valence-corrected chi connectivity index (χ3v) is 3.02. The second-order valence-corrected chi connectivity index (χ2v) is 4.79. The lowest BCUT2D eigenvalue weighted by atomic mass is 10.1. The Morgan fingerprint density at radius 2 is 1.79 bits per heavy atom. The molecule has 1 heterocycles. The van der Waals surface area contributed by atoms with Crippen molar-refractivity contribution in [3.05, 3.63) is 52.5 Å². The molecule has 0 bridgehead atoms. The smallest absolute Gasteiger partial charge is 0.149 e. The molecule has 1 aromatic heterocycles. The molecule has 0 saturated carbocycles. The van der Waals surface area contributed by atoms with Crippen LogP contribution in [0, 0.1) is 26.6 Å². The maximum absolute atomic E-state index is 13.5. The third-order valence-electron chi connectivity index (χ3n) is 3.02. The molecule has 0 aliphatic heterocycles. The number of halogens is 1. The Labute approximate surface area is 112 Å². The van der Waals surface area contributed by atoms with Gasteiger partial charge in [-0.1, -0.05) is 12.1 Å². The molecule has 3 nitrogen and oxygen atoms in total. The number of nitrogens with zero attached hydrogens (tertiary/aromatic N) is 1. The minimum atomic E-state index is -0.142. The minimum Gasteiger partial charge on any atom is -0.396 e. The van der Waals surface area contributed by atoms with E-state index in [0.29, 0.717) is 29.2 Å². The second kappa shape index (κ2) is 5.26. The molecule has 4 heteroatoms. The van der Waals surface area contributed by atoms with Gasteiger partial charge in [0.15, 0.2) is 0 Å². The van der Waals surface area contributed by atoms with E-state index in [1.807, 2.05) is 31.2 Å². The first-order valence-electron chi connectivity index (χ1n) is 6.20. The summed E-state index contributed by atoms with van der Waals surface area (Å²) in [7, 11) is 0. The average Bonchev–Trinajstić information content (AvgIpc) is 2.37. The lowest BCUT2D eigenvalue weighted by Gasteiger charge is -2.11. The number of aryl methyl sites for hydroxylation is 3. The van der Waals surface area contributed by atoms with E-state index in [-0.39, 0.29) is 5.82 Å². The first-order valence-corrected chi connectivity index (χ1v) is 6.20. The highest BCUT2D eigenvalue weighted by atomic mass is 19.1. The Kier molecular flexibility index (Phi) is 3.69. The molecule has 0 spiro atoms. The Bertz CT molecular complexity index is 585. The van der Waals surface area contributed by atoms with Gasteiger partial charge >= 0.3 is 0 Å². The predicted octanol–water partition coefficient (Wildman–Crippen LogP) is 3.34. The Hall–Kier alpha value is -2.10. The fraction of sp³-hybridized carbons (Fsp3) is 0.267. The zero-order chi connectivity index (χ0) is 14.0. The third kappa shape index (κ3) is 3.02. The lowest BCUT2D eigenvalue weighted by Crippen LogP contribution is -2.06. The van der Waals surface area contributed by atoms with E-state index >= 15 is 0 Å². The molecule has 0 amide bonds. The molecule has 1 aromatic carbocycles. The van der Waals surface area contributed by atoms with Gasteiger partial charge in [0.25, 0.3) is 0 Å². The van der Waals surface area contributed by atoms with E-state index in [0.717, 1.165) is 11.3 Å².